The van der Waals surface area contributed by atoms with Gasteiger partial charge in [-0.05, 0) is 49.3 Å². The van der Waals surface area contributed by atoms with Gasteiger partial charge in [-0.2, -0.15) is 0 Å². The third-order valence-corrected chi connectivity index (χ3v) is 3.04. The largest absolute Gasteiger partial charge is 0.103 e. The van der Waals surface area contributed by atoms with E-state index in [0.717, 1.165) is 17.9 Å². The third kappa shape index (κ3) is 4.09. The van der Waals surface area contributed by atoms with Crippen molar-refractivity contribution in [2.75, 3.05) is 0 Å². The fraction of sp³-hybridized carbons (Fsp3) is 0.429. The van der Waals surface area contributed by atoms with Gasteiger partial charge in [0, 0.05) is 5.02 Å². The highest BCUT2D eigenvalue weighted by atomic mass is 35.5. The Bertz CT molecular complexity index is 328. The third-order valence-electron chi connectivity index (χ3n) is 2.68. The molecular weight excluding hydrogens is 204 g/mol. The molecule has 0 N–H and O–H groups in total. The lowest BCUT2D eigenvalue weighted by Crippen LogP contribution is -1.96. The molecule has 0 amide bonds. The number of hydrogen-bond donors (Lipinski definition) is 0. The van der Waals surface area contributed by atoms with Crippen molar-refractivity contribution >= 4 is 11.6 Å². The maximum Gasteiger partial charge on any atom is 0.0440 e. The van der Waals surface area contributed by atoms with E-state index in [-0.39, 0.29) is 0 Å². The van der Waals surface area contributed by atoms with Gasteiger partial charge < -0.3 is 0 Å². The summed E-state index contributed by atoms with van der Waals surface area (Å²) in [6, 6.07) is 6.30. The lowest BCUT2D eigenvalue weighted by Gasteiger charge is -2.09. The molecule has 0 nitrogen and oxygen atoms in total. The van der Waals surface area contributed by atoms with Crippen molar-refractivity contribution in [2.45, 2.75) is 33.1 Å². The van der Waals surface area contributed by atoms with E-state index < -0.39 is 0 Å². The van der Waals surface area contributed by atoms with Crippen LogP contribution in [-0.2, 0) is 6.42 Å². The highest BCUT2D eigenvalue weighted by Gasteiger charge is 2.04. The molecule has 0 fully saturated rings. The van der Waals surface area contributed by atoms with Crippen LogP contribution >= 0.6 is 11.6 Å². The van der Waals surface area contributed by atoms with Gasteiger partial charge in [0.1, 0.15) is 0 Å². The van der Waals surface area contributed by atoms with E-state index in [1.807, 2.05) is 12.1 Å². The lowest BCUT2D eigenvalue weighted by molar-refractivity contribution is 0.541. The van der Waals surface area contributed by atoms with Crippen molar-refractivity contribution in [3.63, 3.8) is 0 Å². The van der Waals surface area contributed by atoms with Crippen LogP contribution in [0.5, 0.6) is 0 Å². The fourth-order valence-electron chi connectivity index (χ4n) is 1.66. The van der Waals surface area contributed by atoms with Crippen LogP contribution in [0, 0.1) is 12.8 Å². The van der Waals surface area contributed by atoms with Gasteiger partial charge in [-0.3, -0.25) is 0 Å². The van der Waals surface area contributed by atoms with E-state index in [9.17, 15) is 0 Å². The van der Waals surface area contributed by atoms with Gasteiger partial charge in [0.2, 0.25) is 0 Å². The summed E-state index contributed by atoms with van der Waals surface area (Å²) in [4.78, 5) is 0. The summed E-state index contributed by atoms with van der Waals surface area (Å²) in [6.07, 6.45) is 5.31. The molecule has 82 valence electrons. The minimum absolute atomic E-state index is 0.694. The van der Waals surface area contributed by atoms with E-state index in [0.29, 0.717) is 5.92 Å². The minimum atomic E-state index is 0.694. The summed E-state index contributed by atoms with van der Waals surface area (Å²) in [5, 5.41) is 0.904. The molecule has 0 aromatic heterocycles. The fourth-order valence-corrected chi connectivity index (χ4v) is 1.99. The van der Waals surface area contributed by atoms with Gasteiger partial charge >= 0.3 is 0 Å². The zero-order valence-electron chi connectivity index (χ0n) is 9.59. The van der Waals surface area contributed by atoms with Crippen molar-refractivity contribution in [1.82, 2.24) is 0 Å². The topological polar surface area (TPSA) is 0 Å². The SMILES string of the molecule is C=CCC(C)CCc1ccc(C)cc1Cl. The second kappa shape index (κ2) is 5.97. The lowest BCUT2D eigenvalue weighted by atomic mass is 9.98. The van der Waals surface area contributed by atoms with Crippen LogP contribution in [0.25, 0.3) is 0 Å². The van der Waals surface area contributed by atoms with Crippen molar-refractivity contribution in [3.05, 3.63) is 47.0 Å². The molecule has 0 spiro atoms. The minimum Gasteiger partial charge on any atom is -0.103 e. The Kier molecular flexibility index (Phi) is 4.90. The van der Waals surface area contributed by atoms with E-state index in [4.69, 9.17) is 11.6 Å². The summed E-state index contributed by atoms with van der Waals surface area (Å²) in [6.45, 7) is 8.08. The second-order valence-corrected chi connectivity index (χ2v) is 4.67. The quantitative estimate of drug-likeness (QED) is 0.629. The molecule has 0 saturated heterocycles. The van der Waals surface area contributed by atoms with Crippen LogP contribution in [0.15, 0.2) is 30.9 Å². The van der Waals surface area contributed by atoms with Gasteiger partial charge in [-0.1, -0.05) is 36.7 Å². The Hall–Kier alpha value is -0.750. The Morgan fingerprint density at radius 2 is 2.20 bits per heavy atom. The van der Waals surface area contributed by atoms with Gasteiger partial charge in [0.25, 0.3) is 0 Å². The smallest absolute Gasteiger partial charge is 0.0440 e. The molecule has 15 heavy (non-hydrogen) atoms. The number of hydrogen-bond acceptors (Lipinski definition) is 0. The maximum atomic E-state index is 6.17. The van der Waals surface area contributed by atoms with E-state index in [1.165, 1.54) is 17.5 Å². The first-order chi connectivity index (χ1) is 7.13. The summed E-state index contributed by atoms with van der Waals surface area (Å²) in [5.41, 5.74) is 2.49. The van der Waals surface area contributed by atoms with Crippen molar-refractivity contribution in [2.24, 2.45) is 5.92 Å². The molecule has 1 aromatic carbocycles. The molecular formula is C14H19Cl. The molecule has 1 aromatic rings. The van der Waals surface area contributed by atoms with Crippen LogP contribution < -0.4 is 0 Å². The van der Waals surface area contributed by atoms with Crippen LogP contribution in [-0.4, -0.2) is 0 Å². The molecule has 0 heterocycles. The number of allylic oxidation sites excluding steroid dienone is 1. The van der Waals surface area contributed by atoms with Crippen LogP contribution in [0.4, 0.5) is 0 Å². The van der Waals surface area contributed by atoms with Crippen molar-refractivity contribution in [1.29, 1.82) is 0 Å². The summed E-state index contributed by atoms with van der Waals surface area (Å²) in [5.74, 6) is 0.694. The maximum absolute atomic E-state index is 6.17. The molecule has 0 aliphatic carbocycles. The number of aryl methyl sites for hydroxylation is 2. The molecule has 0 radical (unpaired) electrons. The molecule has 1 heteroatoms. The second-order valence-electron chi connectivity index (χ2n) is 4.26. The monoisotopic (exact) mass is 222 g/mol. The summed E-state index contributed by atoms with van der Waals surface area (Å²) >= 11 is 6.17. The Morgan fingerprint density at radius 3 is 2.80 bits per heavy atom. The standard InChI is InChI=1S/C14H19Cl/c1-4-5-11(2)6-8-13-9-7-12(3)10-14(13)15/h4,7,9-11H,1,5-6,8H2,2-3H3. The predicted octanol–water partition coefficient (Wildman–Crippen LogP) is 4.79. The zero-order chi connectivity index (χ0) is 11.3. The number of rotatable bonds is 5. The van der Waals surface area contributed by atoms with Crippen molar-refractivity contribution in [3.8, 4) is 0 Å². The number of benzene rings is 1. The van der Waals surface area contributed by atoms with Crippen LogP contribution in [0.3, 0.4) is 0 Å². The summed E-state index contributed by atoms with van der Waals surface area (Å²) in [7, 11) is 0. The number of halogens is 1. The average Bonchev–Trinajstić information content (AvgIpc) is 2.17. The van der Waals surface area contributed by atoms with E-state index in [2.05, 4.69) is 32.6 Å². The zero-order valence-corrected chi connectivity index (χ0v) is 10.3. The molecule has 0 bridgehead atoms. The van der Waals surface area contributed by atoms with Gasteiger partial charge in [0.15, 0.2) is 0 Å². The first-order valence-electron chi connectivity index (χ1n) is 5.49. The Morgan fingerprint density at radius 1 is 1.47 bits per heavy atom. The molecule has 1 rings (SSSR count). The molecule has 0 saturated carbocycles. The first kappa shape index (κ1) is 12.3. The highest BCUT2D eigenvalue weighted by Crippen LogP contribution is 2.21. The average molecular weight is 223 g/mol. The highest BCUT2D eigenvalue weighted by molar-refractivity contribution is 6.31. The predicted molar refractivity (Wildman–Crippen MR) is 68.5 cm³/mol. The summed E-state index contributed by atoms with van der Waals surface area (Å²) < 4.78 is 0. The van der Waals surface area contributed by atoms with Gasteiger partial charge in [-0.25, -0.2) is 0 Å². The molecule has 1 atom stereocenters. The van der Waals surface area contributed by atoms with E-state index in [1.54, 1.807) is 0 Å². The Labute approximate surface area is 98.0 Å². The van der Waals surface area contributed by atoms with Crippen LogP contribution in [0.2, 0.25) is 5.02 Å². The normalized spacial score (nSPS) is 12.5. The Balaban J connectivity index is 2.54. The molecule has 1 unspecified atom stereocenters. The van der Waals surface area contributed by atoms with Gasteiger partial charge in [0.05, 0.1) is 0 Å². The first-order valence-corrected chi connectivity index (χ1v) is 5.87. The van der Waals surface area contributed by atoms with Crippen molar-refractivity contribution < 1.29 is 0 Å². The van der Waals surface area contributed by atoms with E-state index >= 15 is 0 Å². The van der Waals surface area contributed by atoms with Gasteiger partial charge in [-0.15, -0.1) is 6.58 Å². The molecule has 0 aliphatic heterocycles. The van der Waals surface area contributed by atoms with Crippen LogP contribution in [0.1, 0.15) is 30.9 Å². The molecule has 0 aliphatic rings.